The molecule has 0 fully saturated rings. The molecule has 0 spiro atoms. The number of hydrogen-bond acceptors (Lipinski definition) is 5. The van der Waals surface area contributed by atoms with Gasteiger partial charge in [-0.05, 0) is 37.3 Å². The van der Waals surface area contributed by atoms with Crippen LogP contribution in [0.1, 0.15) is 12.6 Å². The largest absolute Gasteiger partial charge is 0.452 e. The maximum atomic E-state index is 12.1. The SMILES string of the molecule is C[C@H](OC(=O)Cc1noc2ccccc12)C(=O)Nc1cccc(Cl)c1. The zero-order valence-corrected chi connectivity index (χ0v) is 14.1. The summed E-state index contributed by atoms with van der Waals surface area (Å²) in [6.07, 6.45) is -1.03. The third-order valence-corrected chi connectivity index (χ3v) is 3.77. The minimum atomic E-state index is -0.954. The van der Waals surface area contributed by atoms with Gasteiger partial charge >= 0.3 is 5.97 Å². The lowest BCUT2D eigenvalue weighted by Crippen LogP contribution is -2.30. The van der Waals surface area contributed by atoms with E-state index in [0.29, 0.717) is 22.0 Å². The van der Waals surface area contributed by atoms with Crippen LogP contribution in [0.5, 0.6) is 0 Å². The Bertz CT molecular complexity index is 922. The van der Waals surface area contributed by atoms with Crippen molar-refractivity contribution in [2.24, 2.45) is 0 Å². The van der Waals surface area contributed by atoms with E-state index in [9.17, 15) is 9.59 Å². The second kappa shape index (κ2) is 7.36. The number of esters is 1. The van der Waals surface area contributed by atoms with Crippen LogP contribution in [0.15, 0.2) is 53.1 Å². The number of amides is 1. The molecule has 1 aromatic heterocycles. The highest BCUT2D eigenvalue weighted by Gasteiger charge is 2.20. The van der Waals surface area contributed by atoms with Crippen molar-refractivity contribution in [2.45, 2.75) is 19.4 Å². The van der Waals surface area contributed by atoms with E-state index in [4.69, 9.17) is 20.9 Å². The van der Waals surface area contributed by atoms with Crippen molar-refractivity contribution in [1.82, 2.24) is 5.16 Å². The maximum Gasteiger partial charge on any atom is 0.312 e. The third kappa shape index (κ3) is 4.16. The number of rotatable bonds is 5. The average molecular weight is 359 g/mol. The molecule has 1 N–H and O–H groups in total. The van der Waals surface area contributed by atoms with Gasteiger partial charge in [-0.25, -0.2) is 0 Å². The Balaban J connectivity index is 1.59. The fraction of sp³-hybridized carbons (Fsp3) is 0.167. The van der Waals surface area contributed by atoms with Crippen LogP contribution < -0.4 is 5.32 Å². The first kappa shape index (κ1) is 17.0. The van der Waals surface area contributed by atoms with Gasteiger partial charge in [-0.15, -0.1) is 0 Å². The summed E-state index contributed by atoms with van der Waals surface area (Å²) in [4.78, 5) is 24.2. The van der Waals surface area contributed by atoms with Crippen LogP contribution in [0.3, 0.4) is 0 Å². The molecule has 0 aliphatic heterocycles. The summed E-state index contributed by atoms with van der Waals surface area (Å²) in [7, 11) is 0. The summed E-state index contributed by atoms with van der Waals surface area (Å²) in [6.45, 7) is 1.50. The van der Waals surface area contributed by atoms with Gasteiger partial charge in [0.15, 0.2) is 11.7 Å². The molecule has 1 amide bonds. The molecule has 6 nitrogen and oxygen atoms in total. The number of nitrogens with one attached hydrogen (secondary N) is 1. The summed E-state index contributed by atoms with van der Waals surface area (Å²) in [5.41, 5.74) is 1.60. The van der Waals surface area contributed by atoms with Crippen molar-refractivity contribution in [3.05, 3.63) is 59.2 Å². The molecule has 0 radical (unpaired) electrons. The highest BCUT2D eigenvalue weighted by Crippen LogP contribution is 2.19. The van der Waals surface area contributed by atoms with Gasteiger partial charge in [0.25, 0.3) is 5.91 Å². The lowest BCUT2D eigenvalue weighted by Gasteiger charge is -2.13. The van der Waals surface area contributed by atoms with Gasteiger partial charge in [-0.1, -0.05) is 35.0 Å². The van der Waals surface area contributed by atoms with Crippen molar-refractivity contribution in [2.75, 3.05) is 5.32 Å². The second-order valence-electron chi connectivity index (χ2n) is 5.43. The molecule has 0 unspecified atom stereocenters. The van der Waals surface area contributed by atoms with Gasteiger partial charge in [0, 0.05) is 16.1 Å². The van der Waals surface area contributed by atoms with E-state index in [1.54, 1.807) is 30.3 Å². The number of anilines is 1. The highest BCUT2D eigenvalue weighted by atomic mass is 35.5. The molecule has 0 bridgehead atoms. The minimum Gasteiger partial charge on any atom is -0.452 e. The van der Waals surface area contributed by atoms with E-state index >= 15 is 0 Å². The summed E-state index contributed by atoms with van der Waals surface area (Å²) in [6, 6.07) is 13.9. The summed E-state index contributed by atoms with van der Waals surface area (Å²) in [5, 5.41) is 7.76. The monoisotopic (exact) mass is 358 g/mol. The second-order valence-corrected chi connectivity index (χ2v) is 5.87. The number of benzene rings is 2. The van der Waals surface area contributed by atoms with Crippen molar-refractivity contribution in [3.8, 4) is 0 Å². The summed E-state index contributed by atoms with van der Waals surface area (Å²) < 4.78 is 10.3. The number of ether oxygens (including phenoxy) is 1. The van der Waals surface area contributed by atoms with Crippen molar-refractivity contribution < 1.29 is 18.8 Å². The number of carbonyl (C=O) groups is 2. The number of para-hydroxylation sites is 1. The van der Waals surface area contributed by atoms with Crippen LogP contribution in [0, 0.1) is 0 Å². The molecule has 1 heterocycles. The summed E-state index contributed by atoms with van der Waals surface area (Å²) in [5.74, 6) is -1.01. The molecule has 0 aliphatic rings. The molecular formula is C18H15ClN2O4. The van der Waals surface area contributed by atoms with Crippen molar-refractivity contribution >= 4 is 40.1 Å². The molecule has 0 saturated carbocycles. The summed E-state index contributed by atoms with van der Waals surface area (Å²) >= 11 is 5.87. The number of hydrogen-bond donors (Lipinski definition) is 1. The van der Waals surface area contributed by atoms with Crippen LogP contribution in [-0.4, -0.2) is 23.1 Å². The predicted molar refractivity (Wildman–Crippen MR) is 93.3 cm³/mol. The first-order chi connectivity index (χ1) is 12.0. The van der Waals surface area contributed by atoms with Gasteiger partial charge in [0.1, 0.15) is 5.69 Å². The van der Waals surface area contributed by atoms with Gasteiger partial charge < -0.3 is 14.6 Å². The topological polar surface area (TPSA) is 81.4 Å². The lowest BCUT2D eigenvalue weighted by atomic mass is 10.2. The van der Waals surface area contributed by atoms with Gasteiger partial charge in [0.2, 0.25) is 0 Å². The first-order valence-corrected chi connectivity index (χ1v) is 8.00. The number of halogens is 1. The van der Waals surface area contributed by atoms with Crippen LogP contribution >= 0.6 is 11.6 Å². The lowest BCUT2D eigenvalue weighted by molar-refractivity contribution is -0.152. The minimum absolute atomic E-state index is 0.0776. The first-order valence-electron chi connectivity index (χ1n) is 7.62. The van der Waals surface area contributed by atoms with Gasteiger partial charge in [-0.2, -0.15) is 0 Å². The molecule has 25 heavy (non-hydrogen) atoms. The quantitative estimate of drug-likeness (QED) is 0.705. The van der Waals surface area contributed by atoms with E-state index in [2.05, 4.69) is 10.5 Å². The molecule has 128 valence electrons. The van der Waals surface area contributed by atoms with Crippen LogP contribution in [0.25, 0.3) is 11.0 Å². The maximum absolute atomic E-state index is 12.1. The Morgan fingerprint density at radius 2 is 2.04 bits per heavy atom. The smallest absolute Gasteiger partial charge is 0.312 e. The van der Waals surface area contributed by atoms with E-state index in [0.717, 1.165) is 5.39 Å². The predicted octanol–water partition coefficient (Wildman–Crippen LogP) is 3.59. The van der Waals surface area contributed by atoms with E-state index in [1.807, 2.05) is 18.2 Å². The van der Waals surface area contributed by atoms with Crippen molar-refractivity contribution in [1.29, 1.82) is 0 Å². The Hall–Kier alpha value is -2.86. The fourth-order valence-electron chi connectivity index (χ4n) is 2.30. The third-order valence-electron chi connectivity index (χ3n) is 3.53. The molecule has 3 aromatic rings. The molecule has 0 saturated heterocycles. The Labute approximate surface area is 148 Å². The van der Waals surface area contributed by atoms with Crippen LogP contribution in [0.2, 0.25) is 5.02 Å². The van der Waals surface area contributed by atoms with E-state index in [-0.39, 0.29) is 6.42 Å². The van der Waals surface area contributed by atoms with Crippen molar-refractivity contribution in [3.63, 3.8) is 0 Å². The Morgan fingerprint density at radius 1 is 1.24 bits per heavy atom. The number of fused-ring (bicyclic) bond motifs is 1. The van der Waals surface area contributed by atoms with E-state index in [1.165, 1.54) is 6.92 Å². The zero-order chi connectivity index (χ0) is 17.8. The molecule has 1 atom stereocenters. The number of nitrogens with zero attached hydrogens (tertiary/aromatic N) is 1. The molecule has 3 rings (SSSR count). The van der Waals surface area contributed by atoms with Crippen LogP contribution in [-0.2, 0) is 20.7 Å². The Morgan fingerprint density at radius 3 is 2.84 bits per heavy atom. The van der Waals surface area contributed by atoms with E-state index < -0.39 is 18.0 Å². The van der Waals surface area contributed by atoms with Gasteiger partial charge in [-0.3, -0.25) is 9.59 Å². The fourth-order valence-corrected chi connectivity index (χ4v) is 2.50. The molecular weight excluding hydrogens is 344 g/mol. The van der Waals surface area contributed by atoms with Gasteiger partial charge in [0.05, 0.1) is 6.42 Å². The standard InChI is InChI=1S/C18H15ClN2O4/c1-11(18(23)20-13-6-4-5-12(19)9-13)24-17(22)10-15-14-7-2-3-8-16(14)25-21-15/h2-9,11H,10H2,1H3,(H,20,23)/t11-/m0/s1. The van der Waals surface area contributed by atoms with Crippen LogP contribution in [0.4, 0.5) is 5.69 Å². The normalized spacial score (nSPS) is 11.9. The number of aromatic nitrogens is 1. The molecule has 7 heteroatoms. The molecule has 2 aromatic carbocycles. The number of carbonyl (C=O) groups excluding carboxylic acids is 2. The Kier molecular flexibility index (Phi) is 5.00. The average Bonchev–Trinajstić information content (AvgIpc) is 2.98. The highest BCUT2D eigenvalue weighted by molar-refractivity contribution is 6.30. The zero-order valence-electron chi connectivity index (χ0n) is 13.4. The molecule has 0 aliphatic carbocycles.